The van der Waals surface area contributed by atoms with Crippen LogP contribution >= 0.6 is 11.3 Å². The van der Waals surface area contributed by atoms with Crippen LogP contribution in [0.25, 0.3) is 20.9 Å². The lowest BCUT2D eigenvalue weighted by Crippen LogP contribution is -2.47. The molecular weight excluding hydrogens is 440 g/mol. The van der Waals surface area contributed by atoms with Gasteiger partial charge in [0.1, 0.15) is 4.90 Å². The maximum absolute atomic E-state index is 12.8. The Morgan fingerprint density at radius 1 is 0.938 bits per heavy atom. The molecular formula is C24H26N4O2S2. The van der Waals surface area contributed by atoms with Gasteiger partial charge in [0.15, 0.2) is 0 Å². The van der Waals surface area contributed by atoms with Gasteiger partial charge in [0.2, 0.25) is 10.0 Å². The van der Waals surface area contributed by atoms with Crippen LogP contribution in [0.5, 0.6) is 0 Å². The van der Waals surface area contributed by atoms with Crippen molar-refractivity contribution in [3.05, 3.63) is 66.3 Å². The summed E-state index contributed by atoms with van der Waals surface area (Å²) in [5.41, 5.74) is 1.32. The van der Waals surface area contributed by atoms with Crippen molar-refractivity contribution >= 4 is 47.9 Å². The average molecular weight is 467 g/mol. The van der Waals surface area contributed by atoms with Crippen molar-refractivity contribution < 1.29 is 8.42 Å². The van der Waals surface area contributed by atoms with E-state index in [4.69, 9.17) is 0 Å². The van der Waals surface area contributed by atoms with Crippen molar-refractivity contribution in [3.63, 3.8) is 0 Å². The number of rotatable bonds is 7. The molecule has 3 heterocycles. The number of sulfonamides is 1. The Balaban J connectivity index is 1.13. The van der Waals surface area contributed by atoms with Gasteiger partial charge in [-0.3, -0.25) is 9.88 Å². The third-order valence-corrected chi connectivity index (χ3v) is 8.42. The van der Waals surface area contributed by atoms with Crippen molar-refractivity contribution in [2.45, 2.75) is 11.3 Å². The van der Waals surface area contributed by atoms with Crippen LogP contribution in [0.3, 0.4) is 0 Å². The highest BCUT2D eigenvalue weighted by Crippen LogP contribution is 2.31. The molecule has 166 valence electrons. The van der Waals surface area contributed by atoms with E-state index >= 15 is 0 Å². The summed E-state index contributed by atoms with van der Waals surface area (Å²) in [4.78, 5) is 9.21. The van der Waals surface area contributed by atoms with Crippen molar-refractivity contribution in [2.24, 2.45) is 0 Å². The molecule has 1 aliphatic rings. The van der Waals surface area contributed by atoms with Crippen molar-refractivity contribution in [2.75, 3.05) is 44.2 Å². The lowest BCUT2D eigenvalue weighted by molar-refractivity contribution is 0.255. The quantitative estimate of drug-likeness (QED) is 0.418. The molecule has 0 saturated carbocycles. The fourth-order valence-corrected chi connectivity index (χ4v) is 6.41. The number of anilines is 1. The average Bonchev–Trinajstić information content (AvgIpc) is 3.31. The summed E-state index contributed by atoms with van der Waals surface area (Å²) >= 11 is 1.78. The molecule has 5 rings (SSSR count). The van der Waals surface area contributed by atoms with E-state index in [1.54, 1.807) is 17.5 Å². The van der Waals surface area contributed by atoms with E-state index < -0.39 is 10.0 Å². The molecule has 0 aliphatic carbocycles. The lowest BCUT2D eigenvalue weighted by atomic mass is 10.2. The Morgan fingerprint density at radius 3 is 2.66 bits per heavy atom. The Kier molecular flexibility index (Phi) is 6.10. The Bertz CT molecular complexity index is 1320. The van der Waals surface area contributed by atoms with E-state index in [-0.39, 0.29) is 4.90 Å². The van der Waals surface area contributed by atoms with Gasteiger partial charge in [-0.25, -0.2) is 13.1 Å². The number of hydrogen-bond donors (Lipinski definition) is 1. The molecule has 4 aromatic rings. The van der Waals surface area contributed by atoms with E-state index in [0.29, 0.717) is 11.9 Å². The van der Waals surface area contributed by atoms with Crippen LogP contribution in [0.2, 0.25) is 0 Å². The number of nitrogens with zero attached hydrogens (tertiary/aromatic N) is 3. The SMILES string of the molecule is O=S(=O)(NCCCN1CCN(c2cccc3sccc23)CC1)c1cncc2ccccc12. The maximum Gasteiger partial charge on any atom is 0.242 e. The first-order valence-electron chi connectivity index (χ1n) is 10.9. The lowest BCUT2D eigenvalue weighted by Gasteiger charge is -2.36. The van der Waals surface area contributed by atoms with E-state index in [2.05, 4.69) is 49.2 Å². The van der Waals surface area contributed by atoms with E-state index in [0.717, 1.165) is 44.5 Å². The molecule has 0 bridgehead atoms. The molecule has 0 atom stereocenters. The molecule has 0 unspecified atom stereocenters. The van der Waals surface area contributed by atoms with Gasteiger partial charge in [-0.05, 0) is 36.5 Å². The minimum Gasteiger partial charge on any atom is -0.368 e. The number of pyridine rings is 1. The van der Waals surface area contributed by atoms with Crippen LogP contribution in [-0.2, 0) is 10.0 Å². The van der Waals surface area contributed by atoms with Gasteiger partial charge >= 0.3 is 0 Å². The first-order valence-corrected chi connectivity index (χ1v) is 13.2. The molecule has 1 aliphatic heterocycles. The summed E-state index contributed by atoms with van der Waals surface area (Å²) in [6.07, 6.45) is 3.89. The molecule has 1 saturated heterocycles. The predicted molar refractivity (Wildman–Crippen MR) is 132 cm³/mol. The predicted octanol–water partition coefficient (Wildman–Crippen LogP) is 3.94. The molecule has 1 fully saturated rings. The summed E-state index contributed by atoms with van der Waals surface area (Å²) in [7, 11) is -3.59. The largest absolute Gasteiger partial charge is 0.368 e. The second-order valence-electron chi connectivity index (χ2n) is 8.05. The van der Waals surface area contributed by atoms with Crippen LogP contribution in [0.4, 0.5) is 5.69 Å². The number of thiophene rings is 1. The summed E-state index contributed by atoms with van der Waals surface area (Å²) in [5, 5.41) is 5.02. The molecule has 8 heteroatoms. The Hall–Kier alpha value is -2.52. The number of hydrogen-bond acceptors (Lipinski definition) is 6. The van der Waals surface area contributed by atoms with Crippen molar-refractivity contribution in [1.82, 2.24) is 14.6 Å². The highest BCUT2D eigenvalue weighted by Gasteiger charge is 2.20. The summed E-state index contributed by atoms with van der Waals surface area (Å²) in [6.45, 7) is 5.25. The van der Waals surface area contributed by atoms with Crippen LogP contribution in [-0.4, -0.2) is 57.6 Å². The summed E-state index contributed by atoms with van der Waals surface area (Å²) < 4.78 is 29.7. The molecule has 32 heavy (non-hydrogen) atoms. The second kappa shape index (κ2) is 9.15. The van der Waals surface area contributed by atoms with Crippen molar-refractivity contribution in [3.8, 4) is 0 Å². The first kappa shape index (κ1) is 21.3. The Morgan fingerprint density at radius 2 is 1.78 bits per heavy atom. The third kappa shape index (κ3) is 4.36. The molecule has 1 N–H and O–H groups in total. The number of aromatic nitrogens is 1. The van der Waals surface area contributed by atoms with Gasteiger partial charge in [-0.1, -0.05) is 30.3 Å². The highest BCUT2D eigenvalue weighted by molar-refractivity contribution is 7.89. The van der Waals surface area contributed by atoms with Gasteiger partial charge in [0.05, 0.1) is 0 Å². The number of benzene rings is 2. The number of fused-ring (bicyclic) bond motifs is 2. The van der Waals surface area contributed by atoms with Gasteiger partial charge in [-0.15, -0.1) is 11.3 Å². The number of piperazine rings is 1. The smallest absolute Gasteiger partial charge is 0.242 e. The zero-order valence-electron chi connectivity index (χ0n) is 17.8. The fourth-order valence-electron chi connectivity index (χ4n) is 4.36. The van der Waals surface area contributed by atoms with Crippen LogP contribution < -0.4 is 9.62 Å². The molecule has 2 aromatic carbocycles. The van der Waals surface area contributed by atoms with Gasteiger partial charge in [0, 0.05) is 71.7 Å². The minimum atomic E-state index is -3.59. The molecule has 0 amide bonds. The first-order chi connectivity index (χ1) is 15.6. The standard InChI is InChI=1S/C24H26N4O2S2/c29-32(30,24-18-25-17-19-5-1-2-6-20(19)24)26-10-4-11-27-12-14-28(15-13-27)22-7-3-8-23-21(22)9-16-31-23/h1-3,5-9,16-18,26H,4,10-15H2. The summed E-state index contributed by atoms with van der Waals surface area (Å²) in [6, 6.07) is 16.2. The highest BCUT2D eigenvalue weighted by atomic mass is 32.2. The minimum absolute atomic E-state index is 0.242. The molecule has 6 nitrogen and oxygen atoms in total. The topological polar surface area (TPSA) is 65.5 Å². The maximum atomic E-state index is 12.8. The zero-order chi connectivity index (χ0) is 22.0. The van der Waals surface area contributed by atoms with Gasteiger partial charge < -0.3 is 4.90 Å². The normalized spacial score (nSPS) is 15.6. The summed E-state index contributed by atoms with van der Waals surface area (Å²) in [5.74, 6) is 0. The molecule has 0 radical (unpaired) electrons. The monoisotopic (exact) mass is 466 g/mol. The Labute approximate surface area is 192 Å². The van der Waals surface area contributed by atoms with E-state index in [1.807, 2.05) is 24.3 Å². The van der Waals surface area contributed by atoms with E-state index in [1.165, 1.54) is 22.0 Å². The van der Waals surface area contributed by atoms with E-state index in [9.17, 15) is 8.42 Å². The third-order valence-electron chi connectivity index (χ3n) is 6.05. The fraction of sp³-hybridized carbons (Fsp3) is 0.292. The van der Waals surface area contributed by atoms with Gasteiger partial charge in [-0.2, -0.15) is 0 Å². The molecule has 0 spiro atoms. The molecule has 2 aromatic heterocycles. The second-order valence-corrected chi connectivity index (χ2v) is 10.7. The van der Waals surface area contributed by atoms with Crippen molar-refractivity contribution in [1.29, 1.82) is 0 Å². The van der Waals surface area contributed by atoms with Crippen LogP contribution in [0.15, 0.2) is 71.2 Å². The van der Waals surface area contributed by atoms with Crippen LogP contribution in [0.1, 0.15) is 6.42 Å². The van der Waals surface area contributed by atoms with Gasteiger partial charge in [0.25, 0.3) is 0 Å². The zero-order valence-corrected chi connectivity index (χ0v) is 19.4. The van der Waals surface area contributed by atoms with Crippen LogP contribution in [0, 0.1) is 0 Å². The number of nitrogens with one attached hydrogen (secondary N) is 1.